The van der Waals surface area contributed by atoms with Crippen LogP contribution in [0.4, 0.5) is 4.79 Å². The van der Waals surface area contributed by atoms with Gasteiger partial charge in [0.05, 0.1) is 6.61 Å². The van der Waals surface area contributed by atoms with E-state index in [9.17, 15) is 39.0 Å². The molecule has 0 aromatic carbocycles. The van der Waals surface area contributed by atoms with Crippen LogP contribution in [0.3, 0.4) is 0 Å². The normalized spacial score (nSPS) is 21.5. The first-order valence-corrected chi connectivity index (χ1v) is 13.1. The Labute approximate surface area is 228 Å². The molecule has 0 unspecified atom stereocenters. The molecular weight excluding hydrogens is 514 g/mol. The van der Waals surface area contributed by atoms with Gasteiger partial charge in [-0.2, -0.15) is 0 Å². The molecule has 2 aliphatic heterocycles. The van der Waals surface area contributed by atoms with Crippen LogP contribution < -0.4 is 10.6 Å². The Bertz CT molecular complexity index is 966. The van der Waals surface area contributed by atoms with Crippen LogP contribution in [0.25, 0.3) is 0 Å². The second-order valence-electron chi connectivity index (χ2n) is 11.0. The molecule has 39 heavy (non-hydrogen) atoms. The highest BCUT2D eigenvalue weighted by Crippen LogP contribution is 2.22. The summed E-state index contributed by atoms with van der Waals surface area (Å²) in [5.74, 6) is -3.40. The van der Waals surface area contributed by atoms with Gasteiger partial charge in [0, 0.05) is 20.1 Å². The number of carboxylic acid groups (broad SMARTS) is 1. The van der Waals surface area contributed by atoms with Crippen molar-refractivity contribution in [3.05, 3.63) is 0 Å². The summed E-state index contributed by atoms with van der Waals surface area (Å²) in [6.07, 6.45) is 0.849. The molecule has 2 fully saturated rings. The van der Waals surface area contributed by atoms with Crippen molar-refractivity contribution in [1.82, 2.24) is 25.3 Å². The Kier molecular flexibility index (Phi) is 10.7. The number of nitrogens with one attached hydrogen (secondary N) is 2. The van der Waals surface area contributed by atoms with E-state index in [1.807, 2.05) is 0 Å². The van der Waals surface area contributed by atoms with Gasteiger partial charge in [-0.25, -0.2) is 9.59 Å². The second-order valence-corrected chi connectivity index (χ2v) is 11.0. The number of nitrogens with zero attached hydrogens (tertiary/aromatic N) is 3. The summed E-state index contributed by atoms with van der Waals surface area (Å²) in [6.45, 7) is 7.70. The van der Waals surface area contributed by atoms with Crippen molar-refractivity contribution in [2.45, 2.75) is 96.1 Å². The van der Waals surface area contributed by atoms with E-state index in [1.165, 1.54) is 35.6 Å². The zero-order valence-electron chi connectivity index (χ0n) is 23.4. The quantitative estimate of drug-likeness (QED) is 0.285. The number of hydrogen-bond acceptors (Lipinski definition) is 8. The number of aliphatic carboxylic acids is 1. The lowest BCUT2D eigenvalue weighted by Crippen LogP contribution is -2.58. The molecule has 0 bridgehead atoms. The van der Waals surface area contributed by atoms with E-state index in [2.05, 4.69) is 10.6 Å². The molecule has 2 aliphatic rings. The Morgan fingerprint density at radius 2 is 1.49 bits per heavy atom. The summed E-state index contributed by atoms with van der Waals surface area (Å²) in [7, 11) is 1.41. The number of rotatable bonds is 9. The van der Waals surface area contributed by atoms with Crippen LogP contribution in [-0.4, -0.2) is 123 Å². The Morgan fingerprint density at radius 1 is 0.949 bits per heavy atom. The van der Waals surface area contributed by atoms with Gasteiger partial charge in [-0.05, 0) is 60.3 Å². The third kappa shape index (κ3) is 8.04. The van der Waals surface area contributed by atoms with Crippen LogP contribution in [0.1, 0.15) is 60.3 Å². The first-order chi connectivity index (χ1) is 18.1. The Morgan fingerprint density at radius 3 is 2.00 bits per heavy atom. The molecule has 0 radical (unpaired) electrons. The number of aliphatic hydroxyl groups excluding tert-OH is 1. The van der Waals surface area contributed by atoms with E-state index >= 15 is 0 Å². The molecule has 0 aliphatic carbocycles. The molecule has 14 heteroatoms. The van der Waals surface area contributed by atoms with Gasteiger partial charge in [-0.3, -0.25) is 19.2 Å². The molecule has 4 N–H and O–H groups in total. The maximum Gasteiger partial charge on any atom is 0.408 e. The number of hydrogen-bond donors (Lipinski definition) is 4. The number of alkyl carbamates (subject to hydrolysis) is 1. The minimum absolute atomic E-state index is 0.224. The molecule has 0 saturated carbocycles. The lowest BCUT2D eigenvalue weighted by Gasteiger charge is -2.33. The summed E-state index contributed by atoms with van der Waals surface area (Å²) in [5.41, 5.74) is -0.812. The molecule has 2 saturated heterocycles. The van der Waals surface area contributed by atoms with E-state index in [1.54, 1.807) is 20.8 Å². The number of likely N-dealkylation sites (N-methyl/N-ethyl adjacent to an activating group) is 1. The summed E-state index contributed by atoms with van der Waals surface area (Å²) in [6, 6.07) is -5.17. The van der Waals surface area contributed by atoms with Crippen molar-refractivity contribution in [2.24, 2.45) is 0 Å². The van der Waals surface area contributed by atoms with Crippen molar-refractivity contribution in [2.75, 3.05) is 26.7 Å². The van der Waals surface area contributed by atoms with Crippen molar-refractivity contribution in [3.63, 3.8) is 0 Å². The highest BCUT2D eigenvalue weighted by Gasteiger charge is 2.41. The van der Waals surface area contributed by atoms with Crippen molar-refractivity contribution in [1.29, 1.82) is 0 Å². The van der Waals surface area contributed by atoms with Crippen LogP contribution in [0, 0.1) is 0 Å². The second kappa shape index (κ2) is 13.1. The van der Waals surface area contributed by atoms with Crippen molar-refractivity contribution < 1.29 is 43.7 Å². The van der Waals surface area contributed by atoms with Crippen LogP contribution >= 0.6 is 0 Å². The fraction of sp³-hybridized carbons (Fsp3) is 0.760. The highest BCUT2D eigenvalue weighted by atomic mass is 16.6. The van der Waals surface area contributed by atoms with Crippen LogP contribution in [-0.2, 0) is 28.7 Å². The van der Waals surface area contributed by atoms with E-state index < -0.39 is 78.1 Å². The number of likely N-dealkylation sites (tertiary alicyclic amines) is 2. The van der Waals surface area contributed by atoms with Crippen LogP contribution in [0.5, 0.6) is 0 Å². The molecule has 2 rings (SSSR count). The van der Waals surface area contributed by atoms with E-state index in [0.29, 0.717) is 25.7 Å². The zero-order chi connectivity index (χ0) is 29.7. The summed E-state index contributed by atoms with van der Waals surface area (Å²) >= 11 is 0. The van der Waals surface area contributed by atoms with Gasteiger partial charge in [0.25, 0.3) is 0 Å². The topological polar surface area (TPSA) is 186 Å². The summed E-state index contributed by atoms with van der Waals surface area (Å²) in [4.78, 5) is 79.3. The largest absolute Gasteiger partial charge is 0.480 e. The third-order valence-corrected chi connectivity index (χ3v) is 6.85. The standard InChI is InChI=1S/C25H41N5O9/c1-14(20(33)30-12-8-10-18(30)23(36)37)26-19(32)15(2)28(6)22(35)17-9-7-11-29(17)21(34)16(13-31)27-24(38)39-25(3,4)5/h14-18,31H,7-13H2,1-6H3,(H,26,32)(H,27,38)(H,36,37)/t14-,15-,16-,17-,18-/m0/s1. The Hall–Kier alpha value is -3.42. The summed E-state index contributed by atoms with van der Waals surface area (Å²) in [5, 5.41) is 23.9. The highest BCUT2D eigenvalue weighted by molar-refractivity contribution is 5.96. The minimum atomic E-state index is -1.31. The summed E-state index contributed by atoms with van der Waals surface area (Å²) < 4.78 is 5.14. The van der Waals surface area contributed by atoms with Gasteiger partial charge < -0.3 is 40.3 Å². The van der Waals surface area contributed by atoms with E-state index in [0.717, 1.165) is 0 Å². The van der Waals surface area contributed by atoms with Crippen molar-refractivity contribution >= 4 is 35.7 Å². The number of carboxylic acids is 1. The minimum Gasteiger partial charge on any atom is -0.480 e. The van der Waals surface area contributed by atoms with Crippen LogP contribution in [0.15, 0.2) is 0 Å². The fourth-order valence-electron chi connectivity index (χ4n) is 4.66. The molecule has 220 valence electrons. The lowest BCUT2D eigenvalue weighted by atomic mass is 10.1. The number of carbonyl (C=O) groups is 6. The zero-order valence-corrected chi connectivity index (χ0v) is 23.4. The van der Waals surface area contributed by atoms with Gasteiger partial charge in [0.15, 0.2) is 0 Å². The molecule has 0 aromatic rings. The third-order valence-electron chi connectivity index (χ3n) is 6.85. The predicted octanol–water partition coefficient (Wildman–Crippen LogP) is -0.710. The molecule has 0 spiro atoms. The first kappa shape index (κ1) is 31.8. The van der Waals surface area contributed by atoms with Gasteiger partial charge in [-0.1, -0.05) is 0 Å². The average Bonchev–Trinajstić information content (AvgIpc) is 3.54. The average molecular weight is 556 g/mol. The first-order valence-electron chi connectivity index (χ1n) is 13.1. The SMILES string of the molecule is C[C@H](NC(=O)[C@H](C)N(C)C(=O)[C@@H]1CCCN1C(=O)[C@H](CO)NC(=O)OC(C)(C)C)C(=O)N1CCC[C@H]1C(=O)O. The number of carbonyl (C=O) groups excluding carboxylic acids is 5. The molecule has 5 atom stereocenters. The smallest absolute Gasteiger partial charge is 0.408 e. The maximum absolute atomic E-state index is 13.3. The molecule has 0 aromatic heterocycles. The number of ether oxygens (including phenoxy) is 1. The molecular formula is C25H41N5O9. The van der Waals surface area contributed by atoms with Crippen molar-refractivity contribution in [3.8, 4) is 0 Å². The number of amides is 5. The molecule has 5 amide bonds. The molecule has 2 heterocycles. The Balaban J connectivity index is 2.02. The van der Waals surface area contributed by atoms with Gasteiger partial charge in [0.2, 0.25) is 23.6 Å². The molecule has 14 nitrogen and oxygen atoms in total. The van der Waals surface area contributed by atoms with E-state index in [4.69, 9.17) is 4.74 Å². The predicted molar refractivity (Wildman–Crippen MR) is 137 cm³/mol. The van der Waals surface area contributed by atoms with Gasteiger partial charge in [0.1, 0.15) is 35.8 Å². The van der Waals surface area contributed by atoms with Crippen LogP contribution in [0.2, 0.25) is 0 Å². The van der Waals surface area contributed by atoms with E-state index in [-0.39, 0.29) is 13.1 Å². The van der Waals surface area contributed by atoms with Gasteiger partial charge in [-0.15, -0.1) is 0 Å². The maximum atomic E-state index is 13.3. The lowest BCUT2D eigenvalue weighted by molar-refractivity contribution is -0.150. The monoisotopic (exact) mass is 555 g/mol. The number of aliphatic hydroxyl groups is 1. The fourth-order valence-corrected chi connectivity index (χ4v) is 4.66. The van der Waals surface area contributed by atoms with Gasteiger partial charge >= 0.3 is 12.1 Å².